The lowest BCUT2D eigenvalue weighted by Crippen LogP contribution is -2.52. The van der Waals surface area contributed by atoms with Crippen molar-refractivity contribution in [2.45, 2.75) is 30.4 Å². The van der Waals surface area contributed by atoms with Crippen LogP contribution in [0.2, 0.25) is 0 Å². The molecule has 0 fully saturated rings. The van der Waals surface area contributed by atoms with E-state index in [1.807, 2.05) is 79.0 Å². The highest BCUT2D eigenvalue weighted by Gasteiger charge is 2.39. The van der Waals surface area contributed by atoms with Crippen molar-refractivity contribution in [2.75, 3.05) is 0 Å². The van der Waals surface area contributed by atoms with Crippen molar-refractivity contribution in [1.29, 1.82) is 0 Å². The average molecular weight is 602 g/mol. The Hall–Kier alpha value is -3.79. The van der Waals surface area contributed by atoms with Crippen LogP contribution in [0.15, 0.2) is 113 Å². The van der Waals surface area contributed by atoms with Gasteiger partial charge in [-0.05, 0) is 64.7 Å². The number of carbonyl (C=O) groups is 1. The Morgan fingerprint density at radius 1 is 0.923 bits per heavy atom. The van der Waals surface area contributed by atoms with Crippen molar-refractivity contribution in [1.82, 2.24) is 19.4 Å². The maximum Gasteiger partial charge on any atom is 0.244 e. The number of halogens is 1. The fourth-order valence-corrected chi connectivity index (χ4v) is 6.80. The Balaban J connectivity index is 1.26. The largest absolute Gasteiger partial charge is 0.351 e. The van der Waals surface area contributed by atoms with E-state index in [-0.39, 0.29) is 23.9 Å². The number of benzene rings is 4. The van der Waals surface area contributed by atoms with Crippen molar-refractivity contribution in [3.05, 3.63) is 125 Å². The SMILES string of the molecule is O=C(NCc1cnn(-c2ccc(Br)cc2)c1)C1Cc2ccccc2CN1S(=O)(=O)c1ccc2ccccc2c1. The first-order valence-corrected chi connectivity index (χ1v) is 14.8. The summed E-state index contributed by atoms with van der Waals surface area (Å²) in [6.45, 7) is 0.363. The number of rotatable bonds is 6. The molecule has 9 heteroatoms. The van der Waals surface area contributed by atoms with Gasteiger partial charge in [-0.25, -0.2) is 13.1 Å². The highest BCUT2D eigenvalue weighted by molar-refractivity contribution is 9.10. The van der Waals surface area contributed by atoms with Gasteiger partial charge < -0.3 is 5.32 Å². The topological polar surface area (TPSA) is 84.3 Å². The smallest absolute Gasteiger partial charge is 0.244 e. The van der Waals surface area contributed by atoms with Gasteiger partial charge in [-0.15, -0.1) is 0 Å². The van der Waals surface area contributed by atoms with Crippen LogP contribution in [0.25, 0.3) is 16.5 Å². The second kappa shape index (κ2) is 10.4. The zero-order chi connectivity index (χ0) is 27.0. The van der Waals surface area contributed by atoms with Gasteiger partial charge in [0.2, 0.25) is 15.9 Å². The number of sulfonamides is 1. The molecule has 0 radical (unpaired) electrons. The van der Waals surface area contributed by atoms with Crippen LogP contribution >= 0.6 is 15.9 Å². The Kier molecular flexibility index (Phi) is 6.80. The zero-order valence-electron chi connectivity index (χ0n) is 20.9. The van der Waals surface area contributed by atoms with Crippen LogP contribution < -0.4 is 5.32 Å². The van der Waals surface area contributed by atoms with E-state index < -0.39 is 16.1 Å². The molecule has 1 aliphatic heterocycles. The Morgan fingerprint density at radius 3 is 2.44 bits per heavy atom. The molecule has 5 aromatic rings. The minimum absolute atomic E-state index is 0.130. The number of nitrogens with zero attached hydrogens (tertiary/aromatic N) is 3. The molecule has 39 heavy (non-hydrogen) atoms. The zero-order valence-corrected chi connectivity index (χ0v) is 23.3. The highest BCUT2D eigenvalue weighted by atomic mass is 79.9. The van der Waals surface area contributed by atoms with Gasteiger partial charge in [0, 0.05) is 29.3 Å². The molecular formula is C30H25BrN4O3S. The van der Waals surface area contributed by atoms with Crippen LogP contribution in [0.4, 0.5) is 0 Å². The van der Waals surface area contributed by atoms with E-state index in [1.54, 1.807) is 29.1 Å². The van der Waals surface area contributed by atoms with E-state index in [0.717, 1.165) is 37.6 Å². The van der Waals surface area contributed by atoms with Crippen molar-refractivity contribution in [2.24, 2.45) is 0 Å². The van der Waals surface area contributed by atoms with E-state index in [0.29, 0.717) is 6.42 Å². The standard InChI is InChI=1S/C30H25BrN4O3S/c31-26-10-12-27(13-11-26)34-19-21(18-33-34)17-32-30(36)29-16-24-7-3-4-8-25(24)20-35(29)39(37,38)28-14-9-22-5-1-2-6-23(22)15-28/h1-15,18-19,29H,16-17,20H2,(H,32,36). The van der Waals surface area contributed by atoms with Gasteiger partial charge in [-0.3, -0.25) is 4.79 Å². The summed E-state index contributed by atoms with van der Waals surface area (Å²) in [7, 11) is -3.96. The summed E-state index contributed by atoms with van der Waals surface area (Å²) >= 11 is 3.43. The number of hydrogen-bond acceptors (Lipinski definition) is 4. The van der Waals surface area contributed by atoms with Crippen molar-refractivity contribution in [3.8, 4) is 5.69 Å². The molecule has 1 unspecified atom stereocenters. The molecule has 6 rings (SSSR count). The summed E-state index contributed by atoms with van der Waals surface area (Å²) in [6, 6.07) is 27.3. The number of aromatic nitrogens is 2. The molecule has 0 saturated carbocycles. The quantitative estimate of drug-likeness (QED) is 0.289. The summed E-state index contributed by atoms with van der Waals surface area (Å²) < 4.78 is 31.9. The van der Waals surface area contributed by atoms with Crippen LogP contribution in [0, 0.1) is 0 Å². The molecule has 1 aliphatic rings. The van der Waals surface area contributed by atoms with E-state index in [4.69, 9.17) is 0 Å². The van der Waals surface area contributed by atoms with Crippen molar-refractivity contribution >= 4 is 42.6 Å². The molecule has 1 amide bonds. The van der Waals surface area contributed by atoms with Gasteiger partial charge in [0.25, 0.3) is 0 Å². The van der Waals surface area contributed by atoms with E-state index >= 15 is 0 Å². The molecule has 0 aliphatic carbocycles. The second-order valence-electron chi connectivity index (χ2n) is 9.54. The lowest BCUT2D eigenvalue weighted by Gasteiger charge is -2.35. The molecule has 2 heterocycles. The third-order valence-electron chi connectivity index (χ3n) is 7.03. The maximum absolute atomic E-state index is 13.9. The molecule has 0 spiro atoms. The molecule has 1 atom stereocenters. The number of fused-ring (bicyclic) bond motifs is 2. The highest BCUT2D eigenvalue weighted by Crippen LogP contribution is 2.30. The lowest BCUT2D eigenvalue weighted by atomic mass is 9.95. The average Bonchev–Trinajstić information content (AvgIpc) is 3.44. The monoisotopic (exact) mass is 600 g/mol. The Bertz CT molecular complexity index is 1780. The van der Waals surface area contributed by atoms with Gasteiger partial charge in [-0.2, -0.15) is 9.40 Å². The van der Waals surface area contributed by atoms with Crippen molar-refractivity contribution < 1.29 is 13.2 Å². The van der Waals surface area contributed by atoms with Crippen LogP contribution in [0.5, 0.6) is 0 Å². The van der Waals surface area contributed by atoms with Gasteiger partial charge in [0.1, 0.15) is 6.04 Å². The molecule has 1 aromatic heterocycles. The molecule has 196 valence electrons. The van der Waals surface area contributed by atoms with Gasteiger partial charge in [0.15, 0.2) is 0 Å². The fraction of sp³-hybridized carbons (Fsp3) is 0.133. The van der Waals surface area contributed by atoms with Crippen LogP contribution in [0.3, 0.4) is 0 Å². The molecule has 0 saturated heterocycles. The van der Waals surface area contributed by atoms with Crippen molar-refractivity contribution in [3.63, 3.8) is 0 Å². The third-order valence-corrected chi connectivity index (χ3v) is 9.41. The number of amides is 1. The first-order valence-electron chi connectivity index (χ1n) is 12.5. The second-order valence-corrected chi connectivity index (χ2v) is 12.3. The number of nitrogens with one attached hydrogen (secondary N) is 1. The third kappa shape index (κ3) is 5.13. The summed E-state index contributed by atoms with van der Waals surface area (Å²) in [5, 5.41) is 9.14. The van der Waals surface area contributed by atoms with Gasteiger partial charge in [-0.1, -0.05) is 70.5 Å². The fourth-order valence-electron chi connectivity index (χ4n) is 4.93. The summed E-state index contributed by atoms with van der Waals surface area (Å²) in [5.74, 6) is -0.342. The van der Waals surface area contributed by atoms with E-state index in [2.05, 4.69) is 26.3 Å². The Labute approximate surface area is 235 Å². The molecule has 4 aromatic carbocycles. The number of hydrogen-bond donors (Lipinski definition) is 1. The maximum atomic E-state index is 13.9. The molecule has 0 bridgehead atoms. The van der Waals surface area contributed by atoms with Crippen LogP contribution in [-0.2, 0) is 34.3 Å². The first kappa shape index (κ1) is 25.5. The minimum Gasteiger partial charge on any atom is -0.351 e. The summed E-state index contributed by atoms with van der Waals surface area (Å²) in [4.78, 5) is 13.7. The predicted octanol–water partition coefficient (Wildman–Crippen LogP) is 5.22. The summed E-state index contributed by atoms with van der Waals surface area (Å²) in [6.07, 6.45) is 3.85. The predicted molar refractivity (Wildman–Crippen MR) is 154 cm³/mol. The normalized spacial score (nSPS) is 15.7. The lowest BCUT2D eigenvalue weighted by molar-refractivity contribution is -0.125. The molecule has 7 nitrogen and oxygen atoms in total. The van der Waals surface area contributed by atoms with Gasteiger partial charge >= 0.3 is 0 Å². The van der Waals surface area contributed by atoms with E-state index in [9.17, 15) is 13.2 Å². The molecular weight excluding hydrogens is 576 g/mol. The Morgan fingerprint density at radius 2 is 1.64 bits per heavy atom. The van der Waals surface area contributed by atoms with Crippen LogP contribution in [-0.4, -0.2) is 34.5 Å². The first-order chi connectivity index (χ1) is 18.9. The van der Waals surface area contributed by atoms with E-state index in [1.165, 1.54) is 4.31 Å². The number of carbonyl (C=O) groups excluding carboxylic acids is 1. The van der Waals surface area contributed by atoms with Gasteiger partial charge in [0.05, 0.1) is 16.8 Å². The minimum atomic E-state index is -3.96. The summed E-state index contributed by atoms with van der Waals surface area (Å²) in [5.41, 5.74) is 3.59. The van der Waals surface area contributed by atoms with Crippen LogP contribution in [0.1, 0.15) is 16.7 Å². The molecule has 1 N–H and O–H groups in total.